The average Bonchev–Trinajstić information content (AvgIpc) is 2.67. The van der Waals surface area contributed by atoms with Crippen molar-refractivity contribution in [1.29, 1.82) is 0 Å². The van der Waals surface area contributed by atoms with Crippen LogP contribution in [0.1, 0.15) is 70.8 Å². The van der Waals surface area contributed by atoms with Gasteiger partial charge in [-0.3, -0.25) is 0 Å². The number of nitrogens with one attached hydrogen (secondary N) is 2. The van der Waals surface area contributed by atoms with Gasteiger partial charge in [0.2, 0.25) is 0 Å². The number of alkyl carbamates (subject to hydrolysis) is 1. The second kappa shape index (κ2) is 9.81. The molecule has 29 heavy (non-hydrogen) atoms. The lowest BCUT2D eigenvalue weighted by Crippen LogP contribution is -2.56. The molecule has 6 heteroatoms. The number of hydrogen-bond donors (Lipinski definition) is 3. The number of piperidine rings is 1. The molecule has 0 bridgehead atoms. The highest BCUT2D eigenvalue weighted by atomic mass is 16.6. The first-order chi connectivity index (χ1) is 13.8. The van der Waals surface area contributed by atoms with Gasteiger partial charge in [0.25, 0.3) is 0 Å². The summed E-state index contributed by atoms with van der Waals surface area (Å²) in [6.07, 6.45) is 5.89. The summed E-state index contributed by atoms with van der Waals surface area (Å²) < 4.78 is 11.6. The lowest BCUT2D eigenvalue weighted by atomic mass is 9.82. The molecule has 1 aliphatic heterocycles. The molecule has 1 heterocycles. The molecule has 0 unspecified atom stereocenters. The molecule has 6 nitrogen and oxygen atoms in total. The number of phenolic OH excluding ortho intramolecular Hbond substituents is 1. The van der Waals surface area contributed by atoms with E-state index < -0.39 is 5.60 Å². The number of amides is 1. The number of para-hydroxylation sites is 1. The summed E-state index contributed by atoms with van der Waals surface area (Å²) in [5, 5.41) is 16.6. The van der Waals surface area contributed by atoms with Gasteiger partial charge in [-0.15, -0.1) is 0 Å². The van der Waals surface area contributed by atoms with Gasteiger partial charge in [0.05, 0.1) is 18.8 Å². The highest BCUT2D eigenvalue weighted by Gasteiger charge is 2.30. The van der Waals surface area contributed by atoms with E-state index in [1.165, 1.54) is 0 Å². The maximum Gasteiger partial charge on any atom is 0.407 e. The highest BCUT2D eigenvalue weighted by Crippen LogP contribution is 2.37. The molecule has 3 N–H and O–H groups in total. The van der Waals surface area contributed by atoms with Crippen molar-refractivity contribution in [3.63, 3.8) is 0 Å². The number of hydrogen-bond acceptors (Lipinski definition) is 5. The van der Waals surface area contributed by atoms with Crippen molar-refractivity contribution in [3.8, 4) is 5.75 Å². The normalized spacial score (nSPS) is 28.0. The van der Waals surface area contributed by atoms with Crippen molar-refractivity contribution in [1.82, 2.24) is 10.6 Å². The number of carbonyl (C=O) groups is 1. The summed E-state index contributed by atoms with van der Waals surface area (Å²) in [6, 6.07) is 7.78. The van der Waals surface area contributed by atoms with Gasteiger partial charge in [-0.1, -0.05) is 18.2 Å². The molecule has 0 radical (unpaired) electrons. The monoisotopic (exact) mass is 404 g/mol. The van der Waals surface area contributed by atoms with Crippen LogP contribution in [0.2, 0.25) is 0 Å². The van der Waals surface area contributed by atoms with Crippen LogP contribution in [0.25, 0.3) is 0 Å². The Morgan fingerprint density at radius 3 is 2.59 bits per heavy atom. The van der Waals surface area contributed by atoms with Crippen molar-refractivity contribution in [2.24, 2.45) is 0 Å². The highest BCUT2D eigenvalue weighted by molar-refractivity contribution is 5.68. The Bertz CT molecular complexity index is 665. The third-order valence-electron chi connectivity index (χ3n) is 5.85. The number of ether oxygens (including phenoxy) is 2. The Morgan fingerprint density at radius 2 is 1.90 bits per heavy atom. The second-order valence-corrected chi connectivity index (χ2v) is 9.32. The molecule has 2 atom stereocenters. The summed E-state index contributed by atoms with van der Waals surface area (Å²) in [6.45, 7) is 7.15. The molecular weight excluding hydrogens is 368 g/mol. The Morgan fingerprint density at radius 1 is 1.17 bits per heavy atom. The van der Waals surface area contributed by atoms with E-state index >= 15 is 0 Å². The number of benzene rings is 1. The molecule has 2 aliphatic rings. The van der Waals surface area contributed by atoms with Crippen LogP contribution in [0.4, 0.5) is 4.79 Å². The third kappa shape index (κ3) is 6.61. The van der Waals surface area contributed by atoms with Crippen LogP contribution in [-0.4, -0.2) is 48.1 Å². The zero-order chi connectivity index (χ0) is 20.9. The SMILES string of the molecule is CC(C)(C)OC(=O)N[C@H]1CCCN[C@H]1COC1CCC(c2ccccc2O)CC1. The maximum absolute atomic E-state index is 12.2. The van der Waals surface area contributed by atoms with Crippen LogP contribution in [-0.2, 0) is 9.47 Å². The minimum absolute atomic E-state index is 0.0243. The summed E-state index contributed by atoms with van der Waals surface area (Å²) in [5.74, 6) is 0.810. The van der Waals surface area contributed by atoms with E-state index in [0.29, 0.717) is 18.3 Å². The lowest BCUT2D eigenvalue weighted by molar-refractivity contribution is 0.00160. The zero-order valence-electron chi connectivity index (χ0n) is 17.9. The van der Waals surface area contributed by atoms with E-state index in [2.05, 4.69) is 10.6 Å². The van der Waals surface area contributed by atoms with Crippen LogP contribution in [0.15, 0.2) is 24.3 Å². The number of rotatable bonds is 5. The minimum atomic E-state index is -0.496. The molecular formula is C23H36N2O4. The molecule has 0 aromatic heterocycles. The van der Waals surface area contributed by atoms with E-state index in [1.54, 1.807) is 6.07 Å². The number of phenols is 1. The van der Waals surface area contributed by atoms with Gasteiger partial charge < -0.3 is 25.2 Å². The lowest BCUT2D eigenvalue weighted by Gasteiger charge is -2.35. The van der Waals surface area contributed by atoms with E-state index in [4.69, 9.17) is 9.47 Å². The molecule has 0 spiro atoms. The van der Waals surface area contributed by atoms with E-state index in [9.17, 15) is 9.90 Å². The number of carbonyl (C=O) groups excluding carboxylic acids is 1. The largest absolute Gasteiger partial charge is 0.508 e. The van der Waals surface area contributed by atoms with Gasteiger partial charge in [-0.2, -0.15) is 0 Å². The van der Waals surface area contributed by atoms with Crippen molar-refractivity contribution in [2.45, 2.75) is 89.0 Å². The Hall–Kier alpha value is -1.79. The first kappa shape index (κ1) is 21.9. The molecule has 1 aromatic rings. The zero-order valence-corrected chi connectivity index (χ0v) is 17.9. The Labute approximate surface area is 174 Å². The van der Waals surface area contributed by atoms with Crippen molar-refractivity contribution in [2.75, 3.05) is 13.2 Å². The van der Waals surface area contributed by atoms with Gasteiger partial charge in [0.1, 0.15) is 11.4 Å². The van der Waals surface area contributed by atoms with Gasteiger partial charge in [0, 0.05) is 6.04 Å². The summed E-state index contributed by atoms with van der Waals surface area (Å²) in [7, 11) is 0. The van der Waals surface area contributed by atoms with Crippen molar-refractivity contribution >= 4 is 6.09 Å². The van der Waals surface area contributed by atoms with E-state index in [-0.39, 0.29) is 24.3 Å². The Balaban J connectivity index is 1.45. The molecule has 2 fully saturated rings. The third-order valence-corrected chi connectivity index (χ3v) is 5.85. The topological polar surface area (TPSA) is 79.8 Å². The average molecular weight is 405 g/mol. The first-order valence-corrected chi connectivity index (χ1v) is 10.9. The summed E-state index contributed by atoms with van der Waals surface area (Å²) in [4.78, 5) is 12.2. The van der Waals surface area contributed by atoms with Gasteiger partial charge in [0.15, 0.2) is 0 Å². The standard InChI is InChI=1S/C23H36N2O4/c1-23(2,3)29-22(27)25-19-8-6-14-24-20(19)15-28-17-12-10-16(11-13-17)18-7-4-5-9-21(18)26/h4-5,7,9,16-17,19-20,24,26H,6,8,10-15H2,1-3H3,(H,25,27)/t16?,17?,19-,20-/m0/s1. The maximum atomic E-state index is 12.2. The van der Waals surface area contributed by atoms with Gasteiger partial charge >= 0.3 is 6.09 Å². The fourth-order valence-corrected chi connectivity index (χ4v) is 4.37. The summed E-state index contributed by atoms with van der Waals surface area (Å²) in [5.41, 5.74) is 0.561. The quantitative estimate of drug-likeness (QED) is 0.689. The minimum Gasteiger partial charge on any atom is -0.508 e. The number of aromatic hydroxyl groups is 1. The van der Waals surface area contributed by atoms with E-state index in [1.807, 2.05) is 39.0 Å². The predicted octanol–water partition coefficient (Wildman–Crippen LogP) is 4.08. The molecule has 3 rings (SSSR count). The molecule has 1 aromatic carbocycles. The second-order valence-electron chi connectivity index (χ2n) is 9.32. The van der Waals surface area contributed by atoms with Crippen LogP contribution in [0.3, 0.4) is 0 Å². The molecule has 1 amide bonds. The van der Waals surface area contributed by atoms with Gasteiger partial charge in [-0.25, -0.2) is 4.79 Å². The van der Waals surface area contributed by atoms with Crippen LogP contribution in [0, 0.1) is 0 Å². The van der Waals surface area contributed by atoms with Crippen LogP contribution in [0.5, 0.6) is 5.75 Å². The molecule has 1 saturated heterocycles. The fourth-order valence-electron chi connectivity index (χ4n) is 4.37. The first-order valence-electron chi connectivity index (χ1n) is 10.9. The van der Waals surface area contributed by atoms with Crippen LogP contribution < -0.4 is 10.6 Å². The summed E-state index contributed by atoms with van der Waals surface area (Å²) >= 11 is 0. The molecule has 1 saturated carbocycles. The van der Waals surface area contributed by atoms with Gasteiger partial charge in [-0.05, 0) is 83.4 Å². The van der Waals surface area contributed by atoms with Crippen LogP contribution >= 0.6 is 0 Å². The molecule has 162 valence electrons. The van der Waals surface area contributed by atoms with E-state index in [0.717, 1.165) is 50.6 Å². The predicted molar refractivity (Wildman–Crippen MR) is 113 cm³/mol. The van der Waals surface area contributed by atoms with Crippen molar-refractivity contribution < 1.29 is 19.4 Å². The fraction of sp³-hybridized carbons (Fsp3) is 0.696. The molecule has 1 aliphatic carbocycles. The Kier molecular flexibility index (Phi) is 7.41. The smallest absolute Gasteiger partial charge is 0.407 e. The van der Waals surface area contributed by atoms with Crippen molar-refractivity contribution in [3.05, 3.63) is 29.8 Å².